The quantitative estimate of drug-likeness (QED) is 0.845. The van der Waals surface area contributed by atoms with Crippen LogP contribution in [0.25, 0.3) is 0 Å². The molecule has 0 aromatic carbocycles. The molecule has 0 radical (unpaired) electrons. The molecule has 0 atom stereocenters. The summed E-state index contributed by atoms with van der Waals surface area (Å²) in [5.74, 6) is 2.76. The molecule has 16 heavy (non-hydrogen) atoms. The summed E-state index contributed by atoms with van der Waals surface area (Å²) in [7, 11) is 0. The minimum absolute atomic E-state index is 0.895. The summed E-state index contributed by atoms with van der Waals surface area (Å²) < 4.78 is 0. The number of rotatable bonds is 4. The van der Waals surface area contributed by atoms with Crippen LogP contribution in [0.5, 0.6) is 0 Å². The van der Waals surface area contributed by atoms with E-state index in [1.807, 2.05) is 0 Å². The van der Waals surface area contributed by atoms with Gasteiger partial charge in [0.2, 0.25) is 0 Å². The lowest BCUT2D eigenvalue weighted by atomic mass is 9.81. The third kappa shape index (κ3) is 3.47. The summed E-state index contributed by atoms with van der Waals surface area (Å²) in [6.07, 6.45) is 12.1. The number of hydrogen-bond donors (Lipinski definition) is 1. The smallest absolute Gasteiger partial charge is 0.144 e. The van der Waals surface area contributed by atoms with E-state index in [-0.39, 0.29) is 0 Å². The van der Waals surface area contributed by atoms with Gasteiger partial charge in [-0.15, -0.1) is 0 Å². The van der Waals surface area contributed by atoms with Crippen LogP contribution in [0.1, 0.15) is 39.0 Å². The van der Waals surface area contributed by atoms with Crippen molar-refractivity contribution >= 4 is 5.82 Å². The lowest BCUT2D eigenvalue weighted by Gasteiger charge is -2.26. The SMILES string of the molecule is CC1CCC(CCNc2cnccn2)CC1. The molecule has 0 aliphatic heterocycles. The van der Waals surface area contributed by atoms with E-state index >= 15 is 0 Å². The fourth-order valence-corrected chi connectivity index (χ4v) is 2.41. The van der Waals surface area contributed by atoms with Gasteiger partial charge in [-0.2, -0.15) is 0 Å². The van der Waals surface area contributed by atoms with Gasteiger partial charge in [-0.05, 0) is 18.3 Å². The highest BCUT2D eigenvalue weighted by Crippen LogP contribution is 2.30. The third-order valence-corrected chi connectivity index (χ3v) is 3.56. The molecule has 1 aliphatic rings. The molecule has 1 aliphatic carbocycles. The van der Waals surface area contributed by atoms with Crippen LogP contribution in [0.4, 0.5) is 5.82 Å². The average Bonchev–Trinajstić information content (AvgIpc) is 2.33. The molecule has 0 unspecified atom stereocenters. The number of aromatic nitrogens is 2. The molecule has 1 fully saturated rings. The molecule has 1 heterocycles. The zero-order valence-electron chi connectivity index (χ0n) is 10.0. The molecule has 0 amide bonds. The van der Waals surface area contributed by atoms with Gasteiger partial charge >= 0.3 is 0 Å². The fraction of sp³-hybridized carbons (Fsp3) is 0.692. The van der Waals surface area contributed by atoms with Gasteiger partial charge in [0.25, 0.3) is 0 Å². The molecular formula is C13H21N3. The lowest BCUT2D eigenvalue weighted by molar-refractivity contribution is 0.282. The zero-order chi connectivity index (χ0) is 11.2. The Hall–Kier alpha value is -1.12. The number of anilines is 1. The third-order valence-electron chi connectivity index (χ3n) is 3.56. The molecule has 0 bridgehead atoms. The molecule has 88 valence electrons. The number of nitrogens with zero attached hydrogens (tertiary/aromatic N) is 2. The van der Waals surface area contributed by atoms with Crippen LogP contribution in [-0.4, -0.2) is 16.5 Å². The zero-order valence-corrected chi connectivity index (χ0v) is 10.0. The molecule has 2 rings (SSSR count). The first-order valence-corrected chi connectivity index (χ1v) is 6.34. The highest BCUT2D eigenvalue weighted by atomic mass is 15.0. The summed E-state index contributed by atoms with van der Waals surface area (Å²) in [5.41, 5.74) is 0. The van der Waals surface area contributed by atoms with E-state index in [0.717, 1.165) is 24.2 Å². The Morgan fingerprint density at radius 2 is 2.06 bits per heavy atom. The molecular weight excluding hydrogens is 198 g/mol. The van der Waals surface area contributed by atoms with Crippen molar-refractivity contribution in [1.82, 2.24) is 9.97 Å². The van der Waals surface area contributed by atoms with E-state index in [1.54, 1.807) is 18.6 Å². The van der Waals surface area contributed by atoms with Gasteiger partial charge in [0.15, 0.2) is 0 Å². The Bertz CT molecular complexity index is 291. The maximum Gasteiger partial charge on any atom is 0.144 e. The van der Waals surface area contributed by atoms with Crippen LogP contribution in [0.2, 0.25) is 0 Å². The molecule has 0 saturated heterocycles. The standard InChI is InChI=1S/C13H21N3/c1-11-2-4-12(5-3-11)6-7-15-13-10-14-8-9-16-13/h8-12H,2-7H2,1H3,(H,15,16). The summed E-state index contributed by atoms with van der Waals surface area (Å²) >= 11 is 0. The number of nitrogens with one attached hydrogen (secondary N) is 1. The molecule has 0 spiro atoms. The van der Waals surface area contributed by atoms with Gasteiger partial charge in [-0.1, -0.05) is 32.6 Å². The highest BCUT2D eigenvalue weighted by molar-refractivity contribution is 5.29. The van der Waals surface area contributed by atoms with E-state index in [0.29, 0.717) is 0 Å². The van der Waals surface area contributed by atoms with Crippen molar-refractivity contribution in [2.45, 2.75) is 39.0 Å². The first kappa shape index (κ1) is 11.4. The van der Waals surface area contributed by atoms with E-state index < -0.39 is 0 Å². The number of hydrogen-bond acceptors (Lipinski definition) is 3. The predicted octanol–water partition coefficient (Wildman–Crippen LogP) is 3.10. The van der Waals surface area contributed by atoms with E-state index in [4.69, 9.17) is 0 Å². The topological polar surface area (TPSA) is 37.8 Å². The van der Waals surface area contributed by atoms with E-state index in [1.165, 1.54) is 32.1 Å². The molecule has 1 aromatic rings. The minimum Gasteiger partial charge on any atom is -0.369 e. The summed E-state index contributed by atoms with van der Waals surface area (Å²) in [6.45, 7) is 3.39. The monoisotopic (exact) mass is 219 g/mol. The van der Waals surface area contributed by atoms with Crippen LogP contribution in [0, 0.1) is 11.8 Å². The van der Waals surface area contributed by atoms with Crippen LogP contribution in [-0.2, 0) is 0 Å². The summed E-state index contributed by atoms with van der Waals surface area (Å²) in [5, 5.41) is 3.33. The van der Waals surface area contributed by atoms with Gasteiger partial charge in [-0.25, -0.2) is 4.98 Å². The van der Waals surface area contributed by atoms with Crippen molar-refractivity contribution < 1.29 is 0 Å². The van der Waals surface area contributed by atoms with Gasteiger partial charge in [0.05, 0.1) is 6.20 Å². The van der Waals surface area contributed by atoms with Crippen molar-refractivity contribution in [3.05, 3.63) is 18.6 Å². The fourth-order valence-electron chi connectivity index (χ4n) is 2.41. The van der Waals surface area contributed by atoms with E-state index in [2.05, 4.69) is 22.2 Å². The van der Waals surface area contributed by atoms with Gasteiger partial charge in [0, 0.05) is 18.9 Å². The second-order valence-electron chi connectivity index (χ2n) is 4.93. The Kier molecular flexibility index (Phi) is 4.14. The Labute approximate surface area is 97.7 Å². The molecule has 1 saturated carbocycles. The van der Waals surface area contributed by atoms with Gasteiger partial charge < -0.3 is 5.32 Å². The van der Waals surface area contributed by atoms with Crippen molar-refractivity contribution in [1.29, 1.82) is 0 Å². The molecule has 3 nitrogen and oxygen atoms in total. The van der Waals surface area contributed by atoms with Crippen molar-refractivity contribution in [2.75, 3.05) is 11.9 Å². The highest BCUT2D eigenvalue weighted by Gasteiger charge is 2.17. The Morgan fingerprint density at radius 3 is 2.75 bits per heavy atom. The van der Waals surface area contributed by atoms with Crippen LogP contribution < -0.4 is 5.32 Å². The molecule has 3 heteroatoms. The predicted molar refractivity (Wildman–Crippen MR) is 66.3 cm³/mol. The van der Waals surface area contributed by atoms with Crippen LogP contribution >= 0.6 is 0 Å². The van der Waals surface area contributed by atoms with Crippen molar-refractivity contribution in [3.8, 4) is 0 Å². The molecule has 1 N–H and O–H groups in total. The maximum absolute atomic E-state index is 4.20. The minimum atomic E-state index is 0.895. The van der Waals surface area contributed by atoms with Crippen molar-refractivity contribution in [2.24, 2.45) is 11.8 Å². The summed E-state index contributed by atoms with van der Waals surface area (Å²) in [4.78, 5) is 8.23. The molecule has 1 aromatic heterocycles. The average molecular weight is 219 g/mol. The van der Waals surface area contributed by atoms with Crippen molar-refractivity contribution in [3.63, 3.8) is 0 Å². The Balaban J connectivity index is 1.65. The van der Waals surface area contributed by atoms with E-state index in [9.17, 15) is 0 Å². The normalized spacial score (nSPS) is 25.3. The lowest BCUT2D eigenvalue weighted by Crippen LogP contribution is -2.16. The largest absolute Gasteiger partial charge is 0.369 e. The first-order valence-electron chi connectivity index (χ1n) is 6.34. The van der Waals surface area contributed by atoms with Crippen LogP contribution in [0.3, 0.4) is 0 Å². The van der Waals surface area contributed by atoms with Gasteiger partial charge in [0.1, 0.15) is 5.82 Å². The second-order valence-corrected chi connectivity index (χ2v) is 4.93. The van der Waals surface area contributed by atoms with Gasteiger partial charge in [-0.3, -0.25) is 4.98 Å². The maximum atomic E-state index is 4.20. The Morgan fingerprint density at radius 1 is 1.25 bits per heavy atom. The summed E-state index contributed by atoms with van der Waals surface area (Å²) in [6, 6.07) is 0. The second kappa shape index (κ2) is 5.83. The first-order chi connectivity index (χ1) is 7.84. The van der Waals surface area contributed by atoms with Crippen LogP contribution in [0.15, 0.2) is 18.6 Å².